The Morgan fingerprint density at radius 1 is 0.323 bits per heavy atom. The van der Waals surface area contributed by atoms with Crippen LogP contribution in [0.4, 0.5) is 4.79 Å². The second-order valence-electron chi connectivity index (χ2n) is 21.1. The fourth-order valence-electron chi connectivity index (χ4n) is 10.5. The van der Waals surface area contributed by atoms with Crippen molar-refractivity contribution in [2.24, 2.45) is 47.3 Å². The molecule has 0 bridgehead atoms. The van der Waals surface area contributed by atoms with Crippen LogP contribution >= 0.6 is 0 Å². The summed E-state index contributed by atoms with van der Waals surface area (Å²) < 4.78 is 10.2. The molecule has 19 heteroatoms. The summed E-state index contributed by atoms with van der Waals surface area (Å²) in [6.45, 7) is 5.32. The Morgan fingerprint density at radius 2 is 0.523 bits per heavy atom. The van der Waals surface area contributed by atoms with Gasteiger partial charge < -0.3 is 52.0 Å². The average molecular weight is 909 g/mol. The zero-order valence-electron chi connectivity index (χ0n) is 38.0. The molecule has 19 nitrogen and oxygen atoms in total. The van der Waals surface area contributed by atoms with E-state index in [2.05, 4.69) is 42.5 Å². The first-order valence-corrected chi connectivity index (χ1v) is 24.2. The van der Waals surface area contributed by atoms with Crippen molar-refractivity contribution in [1.29, 1.82) is 0 Å². The van der Waals surface area contributed by atoms with Crippen molar-refractivity contribution in [2.45, 2.75) is 177 Å². The van der Waals surface area contributed by atoms with E-state index in [4.69, 9.17) is 9.47 Å². The number of methoxy groups -OCH3 is 1. The molecular formula is C46H68N8O11. The fraction of sp³-hybridized carbons (Fsp3) is 0.804. The second-order valence-corrected chi connectivity index (χ2v) is 21.1. The van der Waals surface area contributed by atoms with Crippen LogP contribution in [0.25, 0.3) is 0 Å². The number of hydrogen-bond donors (Lipinski definition) is 8. The van der Waals surface area contributed by atoms with E-state index in [1.165, 1.54) is 7.11 Å². The Bertz CT molecular complexity index is 1920. The zero-order chi connectivity index (χ0) is 46.3. The predicted octanol–water partition coefficient (Wildman–Crippen LogP) is 0.726. The first-order chi connectivity index (χ1) is 31.0. The van der Waals surface area contributed by atoms with E-state index in [1.807, 2.05) is 0 Å². The van der Waals surface area contributed by atoms with Crippen LogP contribution in [-0.4, -0.2) is 114 Å². The van der Waals surface area contributed by atoms with Crippen LogP contribution in [0.15, 0.2) is 0 Å². The molecule has 8 amide bonds. The number of rotatable bonds is 16. The smallest absolute Gasteiger partial charge is 0.407 e. The third-order valence-electron chi connectivity index (χ3n) is 16.1. The lowest BCUT2D eigenvalue weighted by molar-refractivity contribution is -0.151. The van der Waals surface area contributed by atoms with Crippen LogP contribution in [-0.2, 0) is 47.8 Å². The topological polar surface area (TPSA) is 268 Å². The molecule has 0 radical (unpaired) electrons. The van der Waals surface area contributed by atoms with Crippen LogP contribution < -0.4 is 42.5 Å². The van der Waals surface area contributed by atoms with E-state index >= 15 is 0 Å². The van der Waals surface area contributed by atoms with Crippen molar-refractivity contribution in [2.75, 3.05) is 7.11 Å². The van der Waals surface area contributed by atoms with Gasteiger partial charge in [0.25, 0.3) is 0 Å². The molecule has 16 atom stereocenters. The van der Waals surface area contributed by atoms with Crippen LogP contribution in [0.5, 0.6) is 0 Å². The van der Waals surface area contributed by atoms with Crippen LogP contribution in [0.3, 0.4) is 0 Å². The van der Waals surface area contributed by atoms with Gasteiger partial charge in [-0.3, -0.25) is 38.4 Å². The van der Waals surface area contributed by atoms with Crippen LogP contribution in [0.2, 0.25) is 0 Å². The van der Waals surface area contributed by atoms with Crippen molar-refractivity contribution >= 4 is 53.4 Å². The van der Waals surface area contributed by atoms with Crippen molar-refractivity contribution in [1.82, 2.24) is 42.5 Å². The van der Waals surface area contributed by atoms with Gasteiger partial charge >= 0.3 is 12.1 Å². The molecule has 8 rings (SSSR count). The Morgan fingerprint density at radius 3 is 0.692 bits per heavy atom. The molecule has 0 spiro atoms. The van der Waals surface area contributed by atoms with Crippen molar-refractivity contribution in [3.8, 4) is 0 Å². The van der Waals surface area contributed by atoms with E-state index in [0.717, 1.165) is 0 Å². The number of esters is 1. The summed E-state index contributed by atoms with van der Waals surface area (Å²) in [7, 11) is 1.34. The van der Waals surface area contributed by atoms with Crippen LogP contribution in [0.1, 0.15) is 124 Å². The monoisotopic (exact) mass is 909 g/mol. The van der Waals surface area contributed by atoms with Gasteiger partial charge in [-0.1, -0.05) is 0 Å². The highest BCUT2D eigenvalue weighted by Crippen LogP contribution is 2.38. The summed E-state index contributed by atoms with van der Waals surface area (Å²) >= 11 is 0. The summed E-state index contributed by atoms with van der Waals surface area (Å²) in [6.07, 6.45) is 9.82. The van der Waals surface area contributed by atoms with Gasteiger partial charge in [-0.25, -0.2) is 4.79 Å². The molecule has 65 heavy (non-hydrogen) atoms. The minimum atomic E-state index is -0.646. The lowest BCUT2D eigenvalue weighted by atomic mass is 9.73. The highest BCUT2D eigenvalue weighted by molar-refractivity contribution is 5.89. The molecule has 8 N–H and O–H groups in total. The van der Waals surface area contributed by atoms with Gasteiger partial charge in [-0.15, -0.1) is 0 Å². The lowest BCUT2D eigenvalue weighted by Crippen LogP contribution is -2.63. The number of hydrogen-bond acceptors (Lipinski definition) is 11. The summed E-state index contributed by atoms with van der Waals surface area (Å²) in [6, 6.07) is -2.52. The van der Waals surface area contributed by atoms with Gasteiger partial charge in [0, 0.05) is 48.3 Å². The Labute approximate surface area is 379 Å². The van der Waals surface area contributed by atoms with Gasteiger partial charge in [0.15, 0.2) is 0 Å². The molecule has 0 aromatic heterocycles. The highest BCUT2D eigenvalue weighted by atomic mass is 16.6. The van der Waals surface area contributed by atoms with Crippen molar-refractivity contribution in [3.63, 3.8) is 0 Å². The molecule has 0 aromatic rings. The van der Waals surface area contributed by atoms with Gasteiger partial charge in [-0.2, -0.15) is 0 Å². The molecule has 8 aliphatic carbocycles. The van der Waals surface area contributed by atoms with Gasteiger partial charge in [0.05, 0.1) is 54.5 Å². The number of carbonyl (C=O) groups is 9. The zero-order valence-corrected chi connectivity index (χ0v) is 38.0. The third-order valence-corrected chi connectivity index (χ3v) is 16.1. The molecule has 0 aliphatic heterocycles. The van der Waals surface area contributed by atoms with Gasteiger partial charge in [0.2, 0.25) is 41.4 Å². The molecule has 8 fully saturated rings. The molecule has 0 aromatic carbocycles. The Balaban J connectivity index is 0.719. The normalized spacial score (nSPS) is 37.4. The Hall–Kier alpha value is -4.97. The highest BCUT2D eigenvalue weighted by Gasteiger charge is 2.49. The molecule has 0 unspecified atom stereocenters. The minimum absolute atomic E-state index is 0.167. The van der Waals surface area contributed by atoms with E-state index in [1.54, 1.807) is 20.8 Å². The van der Waals surface area contributed by atoms with E-state index < -0.39 is 41.3 Å². The number of alkyl carbamates (subject to hydrolysis) is 1. The SMILES string of the molecule is COC(=O)[C@@H]1CC[C@H]1NC(=O)[C@@H]1CC[C@H]1NC(=O)[C@@H]1CC[C@H]1NC(=O)[C@@H]1CC[C@H]1NC(=O)[C@@H]1CC[C@H]1NC(=O)[C@@H]1CC[C@H]1NC(=O)[C@@H]1CC[C@H]1NC(=O)[C@@H]1CC[C@H]1NC(=O)OC(C)(C)C. The summed E-state index contributed by atoms with van der Waals surface area (Å²) in [5, 5.41) is 24.0. The first kappa shape index (κ1) is 46.6. The first-order valence-electron chi connectivity index (χ1n) is 24.2. The number of carbonyl (C=O) groups excluding carboxylic acids is 9. The maximum Gasteiger partial charge on any atom is 0.407 e. The summed E-state index contributed by atoms with van der Waals surface area (Å²) in [4.78, 5) is 117. The standard InChI is InChI=1S/C46H68N8O11/c1-46(2,3)65-45(63)54-35-19-11-27(35)43(61)52-33-17-9-25(33)41(59)50-31-15-7-23(31)39(57)48-29-13-5-21(29)37(55)47-30-14-6-22(30)38(56)49-32-16-8-24(32)40(58)51-34-18-10-26(34)42(60)53-36-20-12-28(36)44(62)64-4/h21-36H,5-20H2,1-4H3,(H,47,55)(H,48,57)(H,49,56)(H,50,59)(H,51,58)(H,52,61)(H,53,60)(H,54,63)/t21-,22-,23-,24-,25-,26-,27-,28-,29-,30-,31-,32-,33-,34-,35-,36-/m1/s1. The predicted molar refractivity (Wildman–Crippen MR) is 230 cm³/mol. The third kappa shape index (κ3) is 10.1. The lowest BCUT2D eigenvalue weighted by Gasteiger charge is -2.44. The number of ether oxygens (including phenoxy) is 2. The fourth-order valence-corrected chi connectivity index (χ4v) is 10.5. The van der Waals surface area contributed by atoms with Crippen molar-refractivity contribution in [3.05, 3.63) is 0 Å². The minimum Gasteiger partial charge on any atom is -0.469 e. The van der Waals surface area contributed by atoms with Crippen molar-refractivity contribution < 1.29 is 52.6 Å². The van der Waals surface area contributed by atoms with Gasteiger partial charge in [-0.05, 0) is 124 Å². The maximum atomic E-state index is 13.4. The molecule has 8 aliphatic rings. The molecule has 0 heterocycles. The Kier molecular flexibility index (Phi) is 13.7. The van der Waals surface area contributed by atoms with Gasteiger partial charge in [0.1, 0.15) is 5.60 Å². The summed E-state index contributed by atoms with van der Waals surface area (Å²) in [5.41, 5.74) is -0.646. The van der Waals surface area contributed by atoms with E-state index in [9.17, 15) is 43.2 Å². The maximum absolute atomic E-state index is 13.4. The largest absolute Gasteiger partial charge is 0.469 e. The quantitative estimate of drug-likeness (QED) is 0.100. The summed E-state index contributed by atoms with van der Waals surface area (Å²) in [5.74, 6) is -4.81. The molecule has 8 saturated carbocycles. The number of nitrogens with one attached hydrogen (secondary N) is 8. The molecular weight excluding hydrogens is 841 g/mol. The number of amides is 8. The van der Waals surface area contributed by atoms with E-state index in [-0.39, 0.29) is 113 Å². The molecule has 358 valence electrons. The second kappa shape index (κ2) is 19.1. The van der Waals surface area contributed by atoms with E-state index in [0.29, 0.717) is 103 Å². The average Bonchev–Trinajstić information content (AvgIpc) is 3.15. The molecule has 0 saturated heterocycles. The van der Waals surface area contributed by atoms with Crippen LogP contribution in [0, 0.1) is 47.3 Å².